The fourth-order valence-electron chi connectivity index (χ4n) is 3.18. The molecule has 168 valence electrons. The van der Waals surface area contributed by atoms with Crippen LogP contribution in [0.4, 0.5) is 0 Å². The van der Waals surface area contributed by atoms with E-state index in [-0.39, 0.29) is 16.7 Å². The van der Waals surface area contributed by atoms with Crippen molar-refractivity contribution in [1.29, 1.82) is 0 Å². The Kier molecular flexibility index (Phi) is 7.28. The Morgan fingerprint density at radius 2 is 1.42 bits per heavy atom. The molecule has 3 aromatic rings. The summed E-state index contributed by atoms with van der Waals surface area (Å²) >= 11 is 20.6. The first-order valence-corrected chi connectivity index (χ1v) is 13.4. The number of hydrazine groups is 1. The minimum atomic E-state index is -0.739. The first kappa shape index (κ1) is 24.7. The van der Waals surface area contributed by atoms with E-state index in [1.165, 1.54) is 35.6 Å². The predicted molar refractivity (Wildman–Crippen MR) is 139 cm³/mol. The maximum Gasteiger partial charge on any atom is 0.282 e. The van der Waals surface area contributed by atoms with Crippen LogP contribution in [0.15, 0.2) is 59.7 Å². The smallest absolute Gasteiger partial charge is 0.282 e. The number of fused-ring (bicyclic) bond motifs is 1. The van der Waals surface area contributed by atoms with Crippen molar-refractivity contribution in [2.75, 3.05) is 6.54 Å². The van der Waals surface area contributed by atoms with Crippen LogP contribution >= 0.6 is 86.7 Å². The van der Waals surface area contributed by atoms with Gasteiger partial charge in [0.15, 0.2) is 5.78 Å². The Labute approximate surface area is 230 Å². The second-order valence-corrected chi connectivity index (χ2v) is 11.3. The number of rotatable bonds is 5. The van der Waals surface area contributed by atoms with Gasteiger partial charge in [0.2, 0.25) is 0 Å². The van der Waals surface area contributed by atoms with E-state index in [0.717, 1.165) is 5.01 Å². The molecule has 0 saturated carbocycles. The van der Waals surface area contributed by atoms with E-state index >= 15 is 0 Å². The van der Waals surface area contributed by atoms with Crippen molar-refractivity contribution in [1.82, 2.24) is 10.0 Å². The van der Waals surface area contributed by atoms with Crippen molar-refractivity contribution < 1.29 is 19.2 Å². The van der Waals surface area contributed by atoms with Crippen LogP contribution in [0.5, 0.6) is 0 Å². The number of benzene rings is 2. The van der Waals surface area contributed by atoms with Crippen molar-refractivity contribution in [3.63, 3.8) is 0 Å². The highest BCUT2D eigenvalue weighted by Gasteiger charge is 2.46. The number of carbonyl (C=O) groups is 4. The highest BCUT2D eigenvalue weighted by atomic mass is 79.9. The SMILES string of the molecule is O=C(CN(C(=O)c1ccc(Cl)cc1)N1C(=O)c2c(Br)c(Br)c(Br)c(Br)c2C1=O)c1cccs1. The number of hydrogen-bond acceptors (Lipinski definition) is 5. The van der Waals surface area contributed by atoms with E-state index < -0.39 is 30.0 Å². The lowest BCUT2D eigenvalue weighted by Gasteiger charge is -2.29. The molecule has 3 amide bonds. The van der Waals surface area contributed by atoms with Gasteiger partial charge >= 0.3 is 0 Å². The summed E-state index contributed by atoms with van der Waals surface area (Å²) < 4.78 is 1.72. The van der Waals surface area contributed by atoms with Crippen LogP contribution in [0.2, 0.25) is 5.02 Å². The van der Waals surface area contributed by atoms with Crippen LogP contribution in [0.1, 0.15) is 40.7 Å². The molecule has 33 heavy (non-hydrogen) atoms. The third kappa shape index (κ3) is 4.39. The van der Waals surface area contributed by atoms with E-state index in [0.29, 0.717) is 32.8 Å². The summed E-state index contributed by atoms with van der Waals surface area (Å²) in [5.41, 5.74) is 0.300. The van der Waals surface area contributed by atoms with Gasteiger partial charge < -0.3 is 0 Å². The van der Waals surface area contributed by atoms with Crippen LogP contribution in [-0.4, -0.2) is 40.1 Å². The maximum absolute atomic E-state index is 13.4. The number of amides is 3. The molecule has 1 aliphatic rings. The summed E-state index contributed by atoms with van der Waals surface area (Å²) in [5.74, 6) is -2.59. The average molecular weight is 740 g/mol. The summed E-state index contributed by atoms with van der Waals surface area (Å²) in [5, 5.41) is 3.72. The Balaban J connectivity index is 1.82. The Morgan fingerprint density at radius 1 is 0.879 bits per heavy atom. The van der Waals surface area contributed by atoms with Crippen molar-refractivity contribution in [2.45, 2.75) is 0 Å². The molecule has 1 aliphatic heterocycles. The Hall–Kier alpha value is -1.37. The van der Waals surface area contributed by atoms with Crippen LogP contribution < -0.4 is 0 Å². The zero-order chi connectivity index (χ0) is 24.0. The third-order valence-corrected chi connectivity index (χ3v) is 10.7. The number of hydrogen-bond donors (Lipinski definition) is 0. The fraction of sp³-hybridized carbons (Fsp3) is 0.0476. The first-order chi connectivity index (χ1) is 15.6. The summed E-state index contributed by atoms with van der Waals surface area (Å²) in [6, 6.07) is 9.26. The number of nitrogens with zero attached hydrogens (tertiary/aromatic N) is 2. The summed E-state index contributed by atoms with van der Waals surface area (Å²) in [7, 11) is 0. The number of ketones is 1. The van der Waals surface area contributed by atoms with E-state index in [2.05, 4.69) is 63.7 Å². The summed E-state index contributed by atoms with van der Waals surface area (Å²) in [4.78, 5) is 53.6. The van der Waals surface area contributed by atoms with Crippen LogP contribution in [0.25, 0.3) is 0 Å². The van der Waals surface area contributed by atoms with E-state index in [4.69, 9.17) is 11.6 Å². The molecule has 2 heterocycles. The molecule has 0 saturated heterocycles. The van der Waals surface area contributed by atoms with Gasteiger partial charge in [-0.05, 0) is 99.4 Å². The molecule has 0 N–H and O–H groups in total. The molecule has 0 fully saturated rings. The lowest BCUT2D eigenvalue weighted by Crippen LogP contribution is -2.51. The average Bonchev–Trinajstić information content (AvgIpc) is 3.42. The molecule has 0 bridgehead atoms. The van der Waals surface area contributed by atoms with Crippen LogP contribution in [0.3, 0.4) is 0 Å². The summed E-state index contributed by atoms with van der Waals surface area (Å²) in [6.45, 7) is -0.509. The molecule has 4 rings (SSSR count). The highest BCUT2D eigenvalue weighted by Crippen LogP contribution is 2.45. The van der Waals surface area contributed by atoms with E-state index in [1.54, 1.807) is 17.5 Å². The number of Topliss-reactive ketones (excluding diaryl/α,β-unsaturated/α-hetero) is 1. The molecule has 0 radical (unpaired) electrons. The van der Waals surface area contributed by atoms with Gasteiger partial charge in [-0.1, -0.05) is 17.7 Å². The Morgan fingerprint density at radius 3 is 1.91 bits per heavy atom. The van der Waals surface area contributed by atoms with Crippen LogP contribution in [-0.2, 0) is 0 Å². The van der Waals surface area contributed by atoms with Gasteiger partial charge in [0.25, 0.3) is 17.7 Å². The second kappa shape index (κ2) is 9.71. The molecule has 0 aliphatic carbocycles. The van der Waals surface area contributed by atoms with E-state index in [1.807, 2.05) is 0 Å². The zero-order valence-corrected chi connectivity index (χ0v) is 24.0. The molecule has 12 heteroatoms. The van der Waals surface area contributed by atoms with Crippen LogP contribution in [0, 0.1) is 0 Å². The first-order valence-electron chi connectivity index (χ1n) is 9.02. The van der Waals surface area contributed by atoms with Crippen molar-refractivity contribution in [2.24, 2.45) is 0 Å². The van der Waals surface area contributed by atoms with Gasteiger partial charge in [0, 0.05) is 28.5 Å². The van der Waals surface area contributed by atoms with Crippen molar-refractivity contribution in [3.05, 3.63) is 86.3 Å². The lowest BCUT2D eigenvalue weighted by molar-refractivity contribution is 0.00531. The Bertz CT molecular complexity index is 1280. The fourth-order valence-corrected chi connectivity index (χ4v) is 6.42. The summed E-state index contributed by atoms with van der Waals surface area (Å²) in [6.07, 6.45) is 0. The number of halogens is 5. The predicted octanol–water partition coefficient (Wildman–Crippen LogP) is 6.99. The van der Waals surface area contributed by atoms with Gasteiger partial charge in [0.1, 0.15) is 6.54 Å². The molecule has 0 unspecified atom stereocenters. The largest absolute Gasteiger partial charge is 0.291 e. The third-order valence-electron chi connectivity index (χ3n) is 4.74. The minimum Gasteiger partial charge on any atom is -0.291 e. The zero-order valence-electron chi connectivity index (χ0n) is 16.1. The van der Waals surface area contributed by atoms with Gasteiger partial charge in [-0.15, -0.1) is 11.3 Å². The molecule has 6 nitrogen and oxygen atoms in total. The standard InChI is InChI=1S/C21H9Br4ClN2O4S/c22-15-13-14(16(23)18(25)17(15)24)21(32)28(20(13)31)27(8-11(29)12-2-1-7-33-12)19(30)9-3-5-10(26)6-4-9/h1-7H,8H2. The number of thiophene rings is 1. The topological polar surface area (TPSA) is 74.8 Å². The molecule has 2 aromatic carbocycles. The monoisotopic (exact) mass is 736 g/mol. The molecule has 0 spiro atoms. The molecule has 0 atom stereocenters. The highest BCUT2D eigenvalue weighted by molar-refractivity contribution is 9.15. The maximum atomic E-state index is 13.4. The minimum absolute atomic E-state index is 0.0689. The second-order valence-electron chi connectivity index (χ2n) is 6.70. The molecular formula is C21H9Br4ClN2O4S. The van der Waals surface area contributed by atoms with E-state index in [9.17, 15) is 19.2 Å². The van der Waals surface area contributed by atoms with Crippen molar-refractivity contribution in [3.8, 4) is 0 Å². The number of carbonyl (C=O) groups excluding carboxylic acids is 4. The quantitative estimate of drug-likeness (QED) is 0.123. The van der Waals surface area contributed by atoms with Gasteiger partial charge in [-0.3, -0.25) is 19.2 Å². The number of imide groups is 1. The van der Waals surface area contributed by atoms with Crippen molar-refractivity contribution >= 4 is 110 Å². The van der Waals surface area contributed by atoms with Gasteiger partial charge in [0.05, 0.1) is 16.0 Å². The molecule has 1 aromatic heterocycles. The molecular weight excluding hydrogens is 731 g/mol. The lowest BCUT2D eigenvalue weighted by atomic mass is 10.1. The normalized spacial score (nSPS) is 12.8. The van der Waals surface area contributed by atoms with Gasteiger partial charge in [-0.25, -0.2) is 5.01 Å². The van der Waals surface area contributed by atoms with Gasteiger partial charge in [-0.2, -0.15) is 5.01 Å².